The molecule has 0 unspecified atom stereocenters. The number of nitriles is 1. The fourth-order valence-electron chi connectivity index (χ4n) is 1.65. The highest BCUT2D eigenvalue weighted by Crippen LogP contribution is 2.19. The summed E-state index contributed by atoms with van der Waals surface area (Å²) in [5.41, 5.74) is 0.939. The lowest BCUT2D eigenvalue weighted by molar-refractivity contribution is 0.603. The van der Waals surface area contributed by atoms with Gasteiger partial charge in [0, 0.05) is 33.1 Å². The van der Waals surface area contributed by atoms with E-state index in [0.29, 0.717) is 0 Å². The van der Waals surface area contributed by atoms with Crippen LogP contribution in [0.15, 0.2) is 69.7 Å². The van der Waals surface area contributed by atoms with E-state index in [9.17, 15) is 13.7 Å². The highest BCUT2D eigenvalue weighted by Gasteiger charge is 2.20. The Hall–Kier alpha value is -2.08. The third-order valence-corrected chi connectivity index (χ3v) is 6.47. The van der Waals surface area contributed by atoms with Gasteiger partial charge >= 0.3 is 0 Å². The van der Waals surface area contributed by atoms with E-state index < -0.39 is 19.5 Å². The molecule has 0 saturated heterocycles. The summed E-state index contributed by atoms with van der Waals surface area (Å²) in [5, 5.41) is 9.18. The highest BCUT2D eigenvalue weighted by molar-refractivity contribution is 8.27. The maximum Gasteiger partial charge on any atom is 0.218 e. The zero-order valence-corrected chi connectivity index (χ0v) is 14.6. The van der Waals surface area contributed by atoms with E-state index in [4.69, 9.17) is 11.2 Å². The molecular formula is C15H13N3O2S3. The van der Waals surface area contributed by atoms with Gasteiger partial charge in [-0.2, -0.15) is 5.26 Å². The summed E-state index contributed by atoms with van der Waals surface area (Å²) in [5.74, 6) is 0. The number of pyridine rings is 1. The third-order valence-electron chi connectivity index (χ3n) is 2.89. The van der Waals surface area contributed by atoms with Crippen molar-refractivity contribution in [3.63, 3.8) is 0 Å². The second kappa shape index (κ2) is 7.46. The number of aryl methyl sites for hydroxylation is 1. The number of allylic oxidation sites excluding steroid dienone is 1. The van der Waals surface area contributed by atoms with Gasteiger partial charge in [0.05, 0.1) is 4.90 Å². The minimum Gasteiger partial charge on any atom is -0.328 e. The highest BCUT2D eigenvalue weighted by atomic mass is 32.8. The zero-order valence-electron chi connectivity index (χ0n) is 12.1. The summed E-state index contributed by atoms with van der Waals surface area (Å²) >= 11 is 5.27. The summed E-state index contributed by atoms with van der Waals surface area (Å²) in [6.45, 7) is 1.86. The number of nitrogens with one attached hydrogen (secondary N) is 1. The van der Waals surface area contributed by atoms with Gasteiger partial charge in [-0.1, -0.05) is 17.7 Å². The number of nitrogens with zero attached hydrogens (tertiary/aromatic N) is 2. The number of hydrogen-bond donors (Lipinski definition) is 1. The normalized spacial score (nSPS) is 13.1. The minimum atomic E-state index is -3.86. The van der Waals surface area contributed by atoms with E-state index in [-0.39, 0.29) is 9.80 Å². The molecule has 2 rings (SSSR count). The first-order chi connectivity index (χ1) is 10.9. The molecule has 0 fully saturated rings. The molecule has 5 nitrogen and oxygen atoms in total. The average molecular weight is 363 g/mol. The van der Waals surface area contributed by atoms with Gasteiger partial charge in [-0.3, -0.25) is 4.98 Å². The quantitative estimate of drug-likeness (QED) is 0.820. The fourth-order valence-corrected chi connectivity index (χ4v) is 4.02. The molecule has 0 saturated carbocycles. The van der Waals surface area contributed by atoms with E-state index in [1.807, 2.05) is 6.92 Å². The van der Waals surface area contributed by atoms with Crippen molar-refractivity contribution in [1.29, 1.82) is 5.26 Å². The van der Waals surface area contributed by atoms with Crippen LogP contribution in [0.1, 0.15) is 5.56 Å². The van der Waals surface area contributed by atoms with Crippen molar-refractivity contribution < 1.29 is 8.42 Å². The molecule has 1 aromatic carbocycles. The van der Waals surface area contributed by atoms with E-state index >= 15 is 0 Å². The molecule has 0 bridgehead atoms. The van der Waals surface area contributed by atoms with Gasteiger partial charge in [0.2, 0.25) is 9.84 Å². The Morgan fingerprint density at radius 2 is 1.87 bits per heavy atom. The van der Waals surface area contributed by atoms with Crippen LogP contribution in [0.3, 0.4) is 0 Å². The van der Waals surface area contributed by atoms with Crippen molar-refractivity contribution in [3.05, 3.63) is 65.5 Å². The summed E-state index contributed by atoms with van der Waals surface area (Å²) in [7, 11) is -4.71. The van der Waals surface area contributed by atoms with Crippen molar-refractivity contribution >= 4 is 30.7 Å². The summed E-state index contributed by atoms with van der Waals surface area (Å²) in [6, 6.07) is 11.5. The molecule has 118 valence electrons. The lowest BCUT2D eigenvalue weighted by Crippen LogP contribution is -2.13. The topological polar surface area (TPSA) is 82.8 Å². The van der Waals surface area contributed by atoms with Crippen LogP contribution in [0.25, 0.3) is 0 Å². The zero-order chi connectivity index (χ0) is 16.9. The standard InChI is InChI=1S/C15H13N3O2S3/c1-12-2-4-14(5-3-12)23(19,20)15(10-16)11-18-22(21)13-6-8-17-9-7-13/h2-9,11,18H,1H3/b15-11+/t22-/m0/s1. The molecule has 0 spiro atoms. The van der Waals surface area contributed by atoms with Crippen molar-refractivity contribution in [2.24, 2.45) is 0 Å². The first-order valence-electron chi connectivity index (χ1n) is 6.45. The predicted octanol–water partition coefficient (Wildman–Crippen LogP) is 2.17. The molecule has 0 aliphatic rings. The molecule has 1 heterocycles. The van der Waals surface area contributed by atoms with E-state index in [1.165, 1.54) is 12.1 Å². The van der Waals surface area contributed by atoms with Gasteiger partial charge in [0.1, 0.15) is 6.07 Å². The van der Waals surface area contributed by atoms with Crippen molar-refractivity contribution in [2.75, 3.05) is 0 Å². The van der Waals surface area contributed by atoms with Crippen molar-refractivity contribution in [1.82, 2.24) is 9.71 Å². The Morgan fingerprint density at radius 3 is 2.43 bits per heavy atom. The lowest BCUT2D eigenvalue weighted by atomic mass is 10.2. The second-order valence-corrected chi connectivity index (χ2v) is 8.67. The molecule has 0 aliphatic carbocycles. The van der Waals surface area contributed by atoms with Crippen molar-refractivity contribution in [3.8, 4) is 6.07 Å². The maximum atomic E-state index is 12.5. The van der Waals surface area contributed by atoms with Crippen LogP contribution in [0, 0.1) is 18.3 Å². The predicted molar refractivity (Wildman–Crippen MR) is 92.4 cm³/mol. The van der Waals surface area contributed by atoms with Gasteiger partial charge in [0.25, 0.3) is 0 Å². The van der Waals surface area contributed by atoms with Gasteiger partial charge in [0.15, 0.2) is 4.91 Å². The molecule has 23 heavy (non-hydrogen) atoms. The van der Waals surface area contributed by atoms with Crippen LogP contribution in [-0.2, 0) is 30.7 Å². The van der Waals surface area contributed by atoms with Gasteiger partial charge in [-0.05, 0) is 42.4 Å². The van der Waals surface area contributed by atoms with Crippen LogP contribution >= 0.6 is 0 Å². The molecule has 8 heteroatoms. The SMILES string of the molecule is Cc1ccc(S(=O)(=O)/C(C#N)=C/N[S@@](=S)c2ccncc2)cc1. The number of rotatable bonds is 5. The summed E-state index contributed by atoms with van der Waals surface area (Å²) < 4.78 is 27.7. The molecule has 0 radical (unpaired) electrons. The monoisotopic (exact) mass is 363 g/mol. The average Bonchev–Trinajstić information content (AvgIpc) is 2.56. The van der Waals surface area contributed by atoms with Crippen LogP contribution in [0.4, 0.5) is 0 Å². The summed E-state index contributed by atoms with van der Waals surface area (Å²) in [4.78, 5) is 4.38. The Bertz CT molecular complexity index is 884. The molecule has 0 amide bonds. The molecular weight excluding hydrogens is 350 g/mol. The van der Waals surface area contributed by atoms with Crippen LogP contribution < -0.4 is 4.72 Å². The molecule has 2 aromatic rings. The first-order valence-corrected chi connectivity index (χ1v) is 10.1. The number of benzene rings is 1. The molecule has 1 atom stereocenters. The largest absolute Gasteiger partial charge is 0.328 e. The number of sulfone groups is 1. The maximum absolute atomic E-state index is 12.5. The van der Waals surface area contributed by atoms with Crippen molar-refractivity contribution in [2.45, 2.75) is 16.7 Å². The first kappa shape index (κ1) is 17.3. The number of aromatic nitrogens is 1. The van der Waals surface area contributed by atoms with E-state index in [0.717, 1.165) is 16.7 Å². The van der Waals surface area contributed by atoms with E-state index in [1.54, 1.807) is 42.7 Å². The van der Waals surface area contributed by atoms with Crippen LogP contribution in [0.2, 0.25) is 0 Å². The van der Waals surface area contributed by atoms with Gasteiger partial charge < -0.3 is 4.72 Å². The minimum absolute atomic E-state index is 0.0749. The lowest BCUT2D eigenvalue weighted by Gasteiger charge is -2.07. The van der Waals surface area contributed by atoms with Gasteiger partial charge in [-0.25, -0.2) is 8.42 Å². The Morgan fingerprint density at radius 1 is 1.26 bits per heavy atom. The molecule has 1 N–H and O–H groups in total. The Kier molecular flexibility index (Phi) is 5.60. The fraction of sp³-hybridized carbons (Fsp3) is 0.0667. The second-order valence-electron chi connectivity index (χ2n) is 4.51. The smallest absolute Gasteiger partial charge is 0.218 e. The molecule has 1 aromatic heterocycles. The van der Waals surface area contributed by atoms with Crippen LogP contribution in [0.5, 0.6) is 0 Å². The molecule has 0 aliphatic heterocycles. The number of hydrogen-bond acceptors (Lipinski definition) is 5. The third kappa shape index (κ3) is 4.22. The van der Waals surface area contributed by atoms with Crippen LogP contribution in [-0.4, -0.2) is 13.4 Å². The van der Waals surface area contributed by atoms with E-state index in [2.05, 4.69) is 9.71 Å². The summed E-state index contributed by atoms with van der Waals surface area (Å²) in [6.07, 6.45) is 4.36. The van der Waals surface area contributed by atoms with Gasteiger partial charge in [-0.15, -0.1) is 0 Å². The Labute approximate surface area is 142 Å². The Balaban J connectivity index is 2.27.